The first-order valence-electron chi connectivity index (χ1n) is 19.3. The molecule has 1 aromatic heterocycles. The van der Waals surface area contributed by atoms with Crippen LogP contribution in [0.25, 0.3) is 94.3 Å². The summed E-state index contributed by atoms with van der Waals surface area (Å²) < 4.78 is 2.37. The smallest absolute Gasteiger partial charge is 0.0543 e. The summed E-state index contributed by atoms with van der Waals surface area (Å²) in [6.07, 6.45) is 0. The van der Waals surface area contributed by atoms with E-state index in [1.54, 1.807) is 0 Å². The van der Waals surface area contributed by atoms with Crippen LogP contribution in [-0.4, -0.2) is 4.57 Å². The van der Waals surface area contributed by atoms with Gasteiger partial charge < -0.3 is 9.88 Å². The van der Waals surface area contributed by atoms with E-state index in [4.69, 9.17) is 0 Å². The molecule has 11 rings (SSSR count). The van der Waals surface area contributed by atoms with Gasteiger partial charge in [0.05, 0.1) is 16.7 Å². The lowest BCUT2D eigenvalue weighted by Gasteiger charge is -2.18. The van der Waals surface area contributed by atoms with Crippen molar-refractivity contribution in [2.45, 2.75) is 0 Å². The topological polar surface area (TPSA) is 17.0 Å². The highest BCUT2D eigenvalue weighted by Gasteiger charge is 2.23. The second-order valence-corrected chi connectivity index (χ2v) is 14.6. The van der Waals surface area contributed by atoms with Crippen LogP contribution >= 0.6 is 0 Å². The SMILES string of the molecule is c1ccc(-c2cc(-c3ccccc3)cc(-c3cccc4c3Nc3ccc(-c5ccc6c(c5)c5ccccc5n6-c5ccccc5)cc3-c3ccccc3-4)c2)cc1. The van der Waals surface area contributed by atoms with Gasteiger partial charge in [-0.3, -0.25) is 0 Å². The molecular weight excluding hydrogens is 677 g/mol. The van der Waals surface area contributed by atoms with Crippen LogP contribution in [0.15, 0.2) is 212 Å². The number of nitrogens with zero attached hydrogens (tertiary/aromatic N) is 1. The predicted molar refractivity (Wildman–Crippen MR) is 237 cm³/mol. The van der Waals surface area contributed by atoms with Crippen molar-refractivity contribution in [2.24, 2.45) is 0 Å². The van der Waals surface area contributed by atoms with E-state index < -0.39 is 0 Å². The van der Waals surface area contributed by atoms with Crippen LogP contribution in [-0.2, 0) is 0 Å². The van der Waals surface area contributed by atoms with Gasteiger partial charge in [0.25, 0.3) is 0 Å². The highest BCUT2D eigenvalue weighted by atomic mass is 15.0. The van der Waals surface area contributed by atoms with Crippen LogP contribution in [0.5, 0.6) is 0 Å². The molecule has 2 nitrogen and oxygen atoms in total. The molecule has 0 radical (unpaired) electrons. The Labute approximate surface area is 326 Å². The van der Waals surface area contributed by atoms with Crippen molar-refractivity contribution in [1.82, 2.24) is 4.57 Å². The first kappa shape index (κ1) is 32.0. The quantitative estimate of drug-likeness (QED) is 0.188. The fraction of sp³-hybridized carbons (Fsp3) is 0. The third-order valence-electron chi connectivity index (χ3n) is 11.3. The monoisotopic (exact) mass is 712 g/mol. The Bertz CT molecular complexity index is 3030. The summed E-state index contributed by atoms with van der Waals surface area (Å²) in [4.78, 5) is 0. The summed E-state index contributed by atoms with van der Waals surface area (Å²) in [5.41, 5.74) is 20.1. The van der Waals surface area contributed by atoms with Crippen LogP contribution in [0.2, 0.25) is 0 Å². The van der Waals surface area contributed by atoms with Crippen molar-refractivity contribution < 1.29 is 0 Å². The van der Waals surface area contributed by atoms with Crippen molar-refractivity contribution >= 4 is 33.2 Å². The van der Waals surface area contributed by atoms with Gasteiger partial charge in [0.15, 0.2) is 0 Å². The summed E-state index contributed by atoms with van der Waals surface area (Å²) >= 11 is 0. The van der Waals surface area contributed by atoms with E-state index in [1.807, 2.05) is 0 Å². The number of nitrogens with one attached hydrogen (secondary N) is 1. The summed E-state index contributed by atoms with van der Waals surface area (Å²) in [6, 6.07) is 77.2. The molecule has 0 aliphatic carbocycles. The largest absolute Gasteiger partial charge is 0.354 e. The first-order valence-corrected chi connectivity index (χ1v) is 19.3. The van der Waals surface area contributed by atoms with Crippen LogP contribution in [0, 0.1) is 0 Å². The minimum Gasteiger partial charge on any atom is -0.354 e. The Balaban J connectivity index is 1.06. The lowest BCUT2D eigenvalue weighted by Crippen LogP contribution is -1.96. The molecule has 2 heterocycles. The molecule has 0 spiro atoms. The Morgan fingerprint density at radius 3 is 1.55 bits per heavy atom. The fourth-order valence-corrected chi connectivity index (χ4v) is 8.68. The second kappa shape index (κ2) is 13.2. The molecule has 262 valence electrons. The van der Waals surface area contributed by atoms with Crippen molar-refractivity contribution in [2.75, 3.05) is 5.32 Å². The third-order valence-corrected chi connectivity index (χ3v) is 11.3. The standard InChI is InChI=1S/C54H36N2/c1-4-15-36(16-5-1)40-31-41(37-17-6-2-7-18-37)33-42(32-40)44-24-14-25-48-45-21-10-11-22-46(45)49-34-38(27-29-51(49)55-54(44)48)39-28-30-53-50(35-39)47-23-12-13-26-52(47)56(53)43-19-8-3-9-20-43/h1-35,55H. The molecule has 9 aromatic carbocycles. The van der Waals surface area contributed by atoms with E-state index in [0.29, 0.717) is 0 Å². The summed E-state index contributed by atoms with van der Waals surface area (Å²) in [6.45, 7) is 0. The van der Waals surface area contributed by atoms with Gasteiger partial charge in [-0.1, -0.05) is 152 Å². The lowest BCUT2D eigenvalue weighted by atomic mass is 9.89. The molecule has 2 heteroatoms. The number of fused-ring (bicyclic) bond motifs is 8. The number of rotatable bonds is 5. The van der Waals surface area contributed by atoms with Crippen LogP contribution in [0.4, 0.5) is 11.4 Å². The maximum absolute atomic E-state index is 3.99. The molecule has 0 atom stereocenters. The minimum absolute atomic E-state index is 1.09. The fourth-order valence-electron chi connectivity index (χ4n) is 8.68. The van der Waals surface area contributed by atoms with E-state index in [2.05, 4.69) is 222 Å². The molecule has 0 fully saturated rings. The summed E-state index contributed by atoms with van der Waals surface area (Å²) in [7, 11) is 0. The van der Waals surface area contributed by atoms with E-state index in [9.17, 15) is 0 Å². The van der Waals surface area contributed by atoms with Crippen molar-refractivity contribution in [3.63, 3.8) is 0 Å². The average Bonchev–Trinajstić information content (AvgIpc) is 3.53. The van der Waals surface area contributed by atoms with Gasteiger partial charge in [0, 0.05) is 38.8 Å². The maximum Gasteiger partial charge on any atom is 0.0543 e. The highest BCUT2D eigenvalue weighted by Crippen LogP contribution is 2.49. The zero-order valence-electron chi connectivity index (χ0n) is 30.7. The molecule has 1 N–H and O–H groups in total. The minimum atomic E-state index is 1.09. The van der Waals surface area contributed by atoms with Crippen LogP contribution < -0.4 is 5.32 Å². The van der Waals surface area contributed by atoms with E-state index in [0.717, 1.165) is 11.4 Å². The molecule has 0 saturated heterocycles. The Kier molecular flexibility index (Phi) is 7.53. The second-order valence-electron chi connectivity index (χ2n) is 14.6. The third kappa shape index (κ3) is 5.34. The van der Waals surface area contributed by atoms with Gasteiger partial charge in [0.2, 0.25) is 0 Å². The van der Waals surface area contributed by atoms with E-state index in [-0.39, 0.29) is 0 Å². The Morgan fingerprint density at radius 2 is 0.821 bits per heavy atom. The molecule has 1 aliphatic heterocycles. The zero-order chi connectivity index (χ0) is 37.0. The Hall–Kier alpha value is -7.42. The molecule has 10 aromatic rings. The molecule has 56 heavy (non-hydrogen) atoms. The molecule has 1 aliphatic rings. The van der Waals surface area contributed by atoms with Gasteiger partial charge in [-0.05, 0) is 111 Å². The number of hydrogen-bond donors (Lipinski definition) is 1. The number of para-hydroxylation sites is 3. The van der Waals surface area contributed by atoms with Gasteiger partial charge in [-0.2, -0.15) is 0 Å². The normalized spacial score (nSPS) is 11.7. The number of benzene rings is 9. The van der Waals surface area contributed by atoms with Crippen LogP contribution in [0.1, 0.15) is 0 Å². The molecule has 0 amide bonds. The van der Waals surface area contributed by atoms with Gasteiger partial charge in [0.1, 0.15) is 0 Å². The molecule has 0 saturated carbocycles. The first-order chi connectivity index (χ1) is 27.8. The average molecular weight is 713 g/mol. The van der Waals surface area contributed by atoms with Crippen molar-refractivity contribution in [3.05, 3.63) is 212 Å². The number of anilines is 2. The number of aromatic nitrogens is 1. The zero-order valence-corrected chi connectivity index (χ0v) is 30.7. The summed E-state index contributed by atoms with van der Waals surface area (Å²) in [5, 5.41) is 6.49. The van der Waals surface area contributed by atoms with Crippen LogP contribution in [0.3, 0.4) is 0 Å². The lowest BCUT2D eigenvalue weighted by molar-refractivity contribution is 1.18. The Morgan fingerprint density at radius 1 is 0.286 bits per heavy atom. The predicted octanol–water partition coefficient (Wildman–Crippen LogP) is 14.8. The van der Waals surface area contributed by atoms with E-state index in [1.165, 1.54) is 94.3 Å². The van der Waals surface area contributed by atoms with Crippen molar-refractivity contribution in [1.29, 1.82) is 0 Å². The molecule has 0 bridgehead atoms. The maximum atomic E-state index is 3.99. The van der Waals surface area contributed by atoms with Gasteiger partial charge >= 0.3 is 0 Å². The van der Waals surface area contributed by atoms with Crippen molar-refractivity contribution in [3.8, 4) is 72.4 Å². The summed E-state index contributed by atoms with van der Waals surface area (Å²) in [5.74, 6) is 0. The number of hydrogen-bond acceptors (Lipinski definition) is 1. The molecule has 0 unspecified atom stereocenters. The highest BCUT2D eigenvalue weighted by molar-refractivity contribution is 6.11. The van der Waals surface area contributed by atoms with E-state index >= 15 is 0 Å². The molecular formula is C54H36N2. The van der Waals surface area contributed by atoms with Gasteiger partial charge in [-0.25, -0.2) is 0 Å². The van der Waals surface area contributed by atoms with Gasteiger partial charge in [-0.15, -0.1) is 0 Å².